The number of aromatic nitrogens is 1. The van der Waals surface area contributed by atoms with E-state index in [4.69, 9.17) is 0 Å². The fourth-order valence-corrected chi connectivity index (χ4v) is 2.62. The maximum Gasteiger partial charge on any atom is 0.178 e. The number of hydrogen-bond donors (Lipinski definition) is 0. The van der Waals surface area contributed by atoms with Crippen molar-refractivity contribution in [2.75, 3.05) is 0 Å². The van der Waals surface area contributed by atoms with Gasteiger partial charge in [-0.15, -0.1) is 0 Å². The van der Waals surface area contributed by atoms with E-state index in [1.54, 1.807) is 6.21 Å². The molecule has 1 atom stereocenters. The average Bonchev–Trinajstić information content (AvgIpc) is 2.95. The van der Waals surface area contributed by atoms with Crippen LogP contribution in [0, 0.1) is 11.1 Å². The number of hydroxylamine groups is 1. The SMILES string of the molecule is C=Cc1cccn1[C@H](/C=[N+](\[O-])Cc1ccccc1)CC(C)C. The Kier molecular flexibility index (Phi) is 5.59. The van der Waals surface area contributed by atoms with Crippen molar-refractivity contribution in [2.45, 2.75) is 32.9 Å². The molecule has 0 N–H and O–H groups in total. The van der Waals surface area contributed by atoms with Crippen molar-refractivity contribution in [3.05, 3.63) is 71.7 Å². The Morgan fingerprint density at radius 3 is 2.55 bits per heavy atom. The first kappa shape index (κ1) is 16.1. The van der Waals surface area contributed by atoms with Crippen LogP contribution in [0.25, 0.3) is 6.08 Å². The van der Waals surface area contributed by atoms with E-state index in [1.807, 2.05) is 54.7 Å². The van der Waals surface area contributed by atoms with Crippen LogP contribution in [0.4, 0.5) is 0 Å². The fraction of sp³-hybridized carbons (Fsp3) is 0.316. The van der Waals surface area contributed by atoms with E-state index in [2.05, 4.69) is 25.0 Å². The molecule has 0 unspecified atom stereocenters. The largest absolute Gasteiger partial charge is 0.624 e. The molecule has 0 fully saturated rings. The van der Waals surface area contributed by atoms with E-state index in [9.17, 15) is 5.21 Å². The average molecular weight is 296 g/mol. The Balaban J connectivity index is 2.22. The van der Waals surface area contributed by atoms with Gasteiger partial charge in [-0.1, -0.05) is 50.8 Å². The van der Waals surface area contributed by atoms with Gasteiger partial charge in [-0.2, -0.15) is 0 Å². The minimum atomic E-state index is 0.0456. The van der Waals surface area contributed by atoms with Crippen LogP contribution in [0.1, 0.15) is 37.6 Å². The number of nitrogens with zero attached hydrogens (tertiary/aromatic N) is 2. The van der Waals surface area contributed by atoms with Crippen molar-refractivity contribution in [2.24, 2.45) is 5.92 Å². The molecule has 0 radical (unpaired) electrons. The van der Waals surface area contributed by atoms with Gasteiger partial charge in [0.25, 0.3) is 0 Å². The molecule has 0 aliphatic rings. The molecule has 1 aromatic heterocycles. The molecule has 2 aromatic rings. The lowest BCUT2D eigenvalue weighted by Crippen LogP contribution is -2.19. The van der Waals surface area contributed by atoms with Crippen molar-refractivity contribution in [3.8, 4) is 0 Å². The van der Waals surface area contributed by atoms with Gasteiger partial charge in [-0.3, -0.25) is 0 Å². The third kappa shape index (κ3) is 4.35. The minimum Gasteiger partial charge on any atom is -0.624 e. The highest BCUT2D eigenvalue weighted by atomic mass is 16.5. The summed E-state index contributed by atoms with van der Waals surface area (Å²) >= 11 is 0. The molecule has 1 aromatic carbocycles. The Bertz CT molecular complexity index is 626. The highest BCUT2D eigenvalue weighted by molar-refractivity contribution is 5.59. The Morgan fingerprint density at radius 2 is 1.91 bits per heavy atom. The zero-order chi connectivity index (χ0) is 15.9. The van der Waals surface area contributed by atoms with Crippen LogP contribution in [0.2, 0.25) is 0 Å². The second-order valence-corrected chi connectivity index (χ2v) is 5.95. The van der Waals surface area contributed by atoms with Crippen LogP contribution in [-0.4, -0.2) is 15.5 Å². The Labute approximate surface area is 132 Å². The summed E-state index contributed by atoms with van der Waals surface area (Å²) < 4.78 is 3.15. The topological polar surface area (TPSA) is 31.0 Å². The summed E-state index contributed by atoms with van der Waals surface area (Å²) in [7, 11) is 0. The molecule has 22 heavy (non-hydrogen) atoms. The molecule has 0 saturated carbocycles. The fourth-order valence-electron chi connectivity index (χ4n) is 2.62. The highest BCUT2D eigenvalue weighted by Gasteiger charge is 2.16. The van der Waals surface area contributed by atoms with E-state index in [1.165, 1.54) is 0 Å². The molecule has 0 spiro atoms. The zero-order valence-corrected chi connectivity index (χ0v) is 13.4. The zero-order valence-electron chi connectivity index (χ0n) is 13.4. The molecule has 0 bridgehead atoms. The molecule has 0 saturated heterocycles. The van der Waals surface area contributed by atoms with Crippen LogP contribution < -0.4 is 0 Å². The molecule has 0 aliphatic carbocycles. The molecule has 0 amide bonds. The van der Waals surface area contributed by atoms with Gasteiger partial charge in [0, 0.05) is 17.5 Å². The van der Waals surface area contributed by atoms with Gasteiger partial charge < -0.3 is 9.77 Å². The number of rotatable bonds is 7. The van der Waals surface area contributed by atoms with Crippen LogP contribution in [-0.2, 0) is 6.54 Å². The van der Waals surface area contributed by atoms with Crippen molar-refractivity contribution in [1.82, 2.24) is 4.57 Å². The Hall–Kier alpha value is -2.29. The van der Waals surface area contributed by atoms with Crippen LogP contribution in [0.3, 0.4) is 0 Å². The summed E-state index contributed by atoms with van der Waals surface area (Å²) in [4.78, 5) is 0. The third-order valence-electron chi connectivity index (χ3n) is 3.61. The molecular weight excluding hydrogens is 272 g/mol. The van der Waals surface area contributed by atoms with Crippen molar-refractivity contribution in [1.29, 1.82) is 0 Å². The second-order valence-electron chi connectivity index (χ2n) is 5.95. The molecule has 0 aliphatic heterocycles. The summed E-state index contributed by atoms with van der Waals surface area (Å²) in [5.74, 6) is 0.506. The number of benzene rings is 1. The molecular formula is C19H24N2O. The monoisotopic (exact) mass is 296 g/mol. The summed E-state index contributed by atoms with van der Waals surface area (Å²) in [5, 5.41) is 12.3. The number of hydrogen-bond acceptors (Lipinski definition) is 1. The second kappa shape index (κ2) is 7.64. The van der Waals surface area contributed by atoms with E-state index >= 15 is 0 Å². The smallest absolute Gasteiger partial charge is 0.178 e. The first-order valence-corrected chi connectivity index (χ1v) is 7.72. The summed E-state index contributed by atoms with van der Waals surface area (Å²) in [5.41, 5.74) is 2.06. The first-order valence-electron chi connectivity index (χ1n) is 7.72. The predicted molar refractivity (Wildman–Crippen MR) is 92.9 cm³/mol. The van der Waals surface area contributed by atoms with Crippen LogP contribution in [0.5, 0.6) is 0 Å². The lowest BCUT2D eigenvalue weighted by molar-refractivity contribution is -0.472. The first-order chi connectivity index (χ1) is 10.6. The summed E-state index contributed by atoms with van der Waals surface area (Å²) in [6, 6.07) is 13.9. The van der Waals surface area contributed by atoms with Crippen LogP contribution in [0.15, 0.2) is 55.2 Å². The van der Waals surface area contributed by atoms with Gasteiger partial charge in [0.1, 0.15) is 6.04 Å². The van der Waals surface area contributed by atoms with E-state index in [0.29, 0.717) is 12.5 Å². The minimum absolute atomic E-state index is 0.0456. The van der Waals surface area contributed by atoms with Gasteiger partial charge in [-0.05, 0) is 30.5 Å². The van der Waals surface area contributed by atoms with E-state index in [-0.39, 0.29) is 6.04 Å². The maximum atomic E-state index is 12.3. The van der Waals surface area contributed by atoms with Gasteiger partial charge in [0.15, 0.2) is 12.8 Å². The molecule has 3 nitrogen and oxygen atoms in total. The predicted octanol–water partition coefficient (Wildman–Crippen LogP) is 4.50. The normalized spacial score (nSPS) is 13.3. The van der Waals surface area contributed by atoms with Gasteiger partial charge in [0.05, 0.1) is 0 Å². The van der Waals surface area contributed by atoms with Gasteiger partial charge in [-0.25, -0.2) is 4.74 Å². The lowest BCUT2D eigenvalue weighted by Gasteiger charge is -2.18. The maximum absolute atomic E-state index is 12.3. The highest BCUT2D eigenvalue weighted by Crippen LogP contribution is 2.19. The third-order valence-corrected chi connectivity index (χ3v) is 3.61. The van der Waals surface area contributed by atoms with Gasteiger partial charge in [0.2, 0.25) is 0 Å². The summed E-state index contributed by atoms with van der Waals surface area (Å²) in [6.07, 6.45) is 6.54. The molecule has 1 heterocycles. The van der Waals surface area contributed by atoms with Gasteiger partial charge >= 0.3 is 0 Å². The molecule has 3 heteroatoms. The standard InChI is InChI=1S/C19H24N2O/c1-4-18-11-8-12-21(18)19(13-16(2)3)15-20(22)14-17-9-6-5-7-10-17/h4-12,15-16,19H,1,13-14H2,2-3H3/b20-15-/t19-/m0/s1. The van der Waals surface area contributed by atoms with E-state index in [0.717, 1.165) is 22.4 Å². The quantitative estimate of drug-likeness (QED) is 0.320. The lowest BCUT2D eigenvalue weighted by atomic mass is 10.0. The van der Waals surface area contributed by atoms with E-state index < -0.39 is 0 Å². The Morgan fingerprint density at radius 1 is 1.18 bits per heavy atom. The van der Waals surface area contributed by atoms with Crippen LogP contribution >= 0.6 is 0 Å². The summed E-state index contributed by atoms with van der Waals surface area (Å²) in [6.45, 7) is 8.56. The van der Waals surface area contributed by atoms with Crippen molar-refractivity contribution in [3.63, 3.8) is 0 Å². The molecule has 116 valence electrons. The molecule has 2 rings (SSSR count). The van der Waals surface area contributed by atoms with Crippen molar-refractivity contribution >= 4 is 12.3 Å². The van der Waals surface area contributed by atoms with Crippen molar-refractivity contribution < 1.29 is 4.74 Å².